The van der Waals surface area contributed by atoms with E-state index in [9.17, 15) is 14.2 Å². The van der Waals surface area contributed by atoms with Crippen molar-refractivity contribution >= 4 is 19.7 Å². The van der Waals surface area contributed by atoms with Gasteiger partial charge < -0.3 is 20.5 Å². The van der Waals surface area contributed by atoms with E-state index in [2.05, 4.69) is 0 Å². The van der Waals surface area contributed by atoms with Crippen LogP contribution in [0.3, 0.4) is 0 Å². The standard InChI is InChI=1S/C7H14NO5P/c8-6(10)3-5(7(11)12)1-2-14(13)4-9/h5,9,14H,1-4H2,(H2,8,10)(H,11,12). The predicted molar refractivity (Wildman–Crippen MR) is 50.5 cm³/mol. The van der Waals surface area contributed by atoms with Crippen LogP contribution < -0.4 is 5.73 Å². The lowest BCUT2D eigenvalue weighted by molar-refractivity contribution is -0.143. The molecule has 14 heavy (non-hydrogen) atoms. The summed E-state index contributed by atoms with van der Waals surface area (Å²) in [5.41, 5.74) is 4.85. The van der Waals surface area contributed by atoms with Gasteiger partial charge in [-0.1, -0.05) is 0 Å². The van der Waals surface area contributed by atoms with Crippen molar-refractivity contribution in [3.05, 3.63) is 0 Å². The van der Waals surface area contributed by atoms with Crippen molar-refractivity contribution in [1.82, 2.24) is 0 Å². The van der Waals surface area contributed by atoms with Crippen LogP contribution in [0.4, 0.5) is 0 Å². The fraction of sp³-hybridized carbons (Fsp3) is 0.714. The summed E-state index contributed by atoms with van der Waals surface area (Å²) in [6.07, 6.45) is -0.439. The number of carbonyl (C=O) groups is 2. The van der Waals surface area contributed by atoms with Gasteiger partial charge in [0.15, 0.2) is 0 Å². The maximum atomic E-state index is 10.9. The highest BCUT2D eigenvalue weighted by Crippen LogP contribution is 2.23. The van der Waals surface area contributed by atoms with Gasteiger partial charge in [-0.2, -0.15) is 0 Å². The Hall–Kier alpha value is -0.870. The minimum absolute atomic E-state index is 0.108. The summed E-state index contributed by atoms with van der Waals surface area (Å²) in [7, 11) is -2.10. The first-order chi connectivity index (χ1) is 6.47. The van der Waals surface area contributed by atoms with Crippen LogP contribution in [-0.4, -0.2) is 34.6 Å². The van der Waals surface area contributed by atoms with E-state index in [4.69, 9.17) is 15.9 Å². The summed E-state index contributed by atoms with van der Waals surface area (Å²) < 4.78 is 10.9. The van der Waals surface area contributed by atoms with E-state index >= 15 is 0 Å². The Kier molecular flexibility index (Phi) is 6.16. The molecule has 0 fully saturated rings. The molecule has 2 atom stereocenters. The van der Waals surface area contributed by atoms with E-state index in [0.717, 1.165) is 0 Å². The Morgan fingerprint density at radius 3 is 2.36 bits per heavy atom. The van der Waals surface area contributed by atoms with Crippen LogP contribution in [0.15, 0.2) is 0 Å². The molecule has 0 aromatic heterocycles. The zero-order valence-corrected chi connectivity index (χ0v) is 8.60. The summed E-state index contributed by atoms with van der Waals surface area (Å²) in [4.78, 5) is 21.0. The Balaban J connectivity index is 4.04. The van der Waals surface area contributed by atoms with Crippen LogP contribution in [0.25, 0.3) is 0 Å². The van der Waals surface area contributed by atoms with Gasteiger partial charge in [-0.25, -0.2) is 0 Å². The second-order valence-electron chi connectivity index (χ2n) is 2.94. The molecule has 1 amide bonds. The van der Waals surface area contributed by atoms with Crippen LogP contribution >= 0.6 is 7.80 Å². The zero-order chi connectivity index (χ0) is 11.1. The molecular formula is C7H14NO5P. The number of rotatable bonds is 7. The number of aliphatic hydroxyl groups excluding tert-OH is 1. The second kappa shape index (κ2) is 6.56. The maximum absolute atomic E-state index is 10.9. The van der Waals surface area contributed by atoms with E-state index in [1.807, 2.05) is 0 Å². The number of nitrogens with two attached hydrogens (primary N) is 1. The highest BCUT2D eigenvalue weighted by atomic mass is 31.1. The van der Waals surface area contributed by atoms with Gasteiger partial charge in [0.05, 0.1) is 12.3 Å². The van der Waals surface area contributed by atoms with Crippen molar-refractivity contribution in [1.29, 1.82) is 0 Å². The van der Waals surface area contributed by atoms with Crippen molar-refractivity contribution < 1.29 is 24.4 Å². The quantitative estimate of drug-likeness (QED) is 0.501. The van der Waals surface area contributed by atoms with E-state index in [1.54, 1.807) is 0 Å². The van der Waals surface area contributed by atoms with Gasteiger partial charge in [0.2, 0.25) is 5.91 Å². The smallest absolute Gasteiger partial charge is 0.307 e. The van der Waals surface area contributed by atoms with Crippen LogP contribution in [0, 0.1) is 5.92 Å². The molecule has 82 valence electrons. The molecule has 0 saturated heterocycles. The second-order valence-corrected chi connectivity index (χ2v) is 4.83. The molecule has 0 aliphatic heterocycles. The molecular weight excluding hydrogens is 209 g/mol. The monoisotopic (exact) mass is 223 g/mol. The minimum atomic E-state index is -2.10. The number of hydrogen-bond acceptors (Lipinski definition) is 4. The third-order valence-corrected chi connectivity index (χ3v) is 2.94. The largest absolute Gasteiger partial charge is 0.481 e. The molecule has 0 saturated carbocycles. The fourth-order valence-corrected chi connectivity index (χ4v) is 1.80. The summed E-state index contributed by atoms with van der Waals surface area (Å²) in [6, 6.07) is 0. The van der Waals surface area contributed by atoms with Crippen molar-refractivity contribution in [2.75, 3.05) is 12.5 Å². The van der Waals surface area contributed by atoms with Crippen molar-refractivity contribution in [2.45, 2.75) is 12.8 Å². The van der Waals surface area contributed by atoms with Crippen molar-refractivity contribution in [2.24, 2.45) is 11.7 Å². The van der Waals surface area contributed by atoms with Crippen LogP contribution in [-0.2, 0) is 14.2 Å². The molecule has 0 heterocycles. The maximum Gasteiger partial charge on any atom is 0.307 e. The summed E-state index contributed by atoms with van der Waals surface area (Å²) in [5, 5.41) is 17.1. The molecule has 0 rings (SSSR count). The van der Waals surface area contributed by atoms with E-state index < -0.39 is 31.9 Å². The number of amides is 1. The van der Waals surface area contributed by atoms with E-state index in [1.165, 1.54) is 0 Å². The molecule has 0 aliphatic carbocycles. The molecule has 0 radical (unpaired) electrons. The molecule has 2 unspecified atom stereocenters. The van der Waals surface area contributed by atoms with Gasteiger partial charge in [-0.3, -0.25) is 9.59 Å². The predicted octanol–water partition coefficient (Wildman–Crippen LogP) is -0.538. The Labute approximate surface area is 81.9 Å². The summed E-state index contributed by atoms with van der Waals surface area (Å²) in [5.74, 6) is -2.72. The number of aliphatic carboxylic acids is 1. The molecule has 0 aliphatic rings. The summed E-state index contributed by atoms with van der Waals surface area (Å²) >= 11 is 0. The third-order valence-electron chi connectivity index (χ3n) is 1.74. The topological polar surface area (TPSA) is 118 Å². The number of primary amides is 1. The van der Waals surface area contributed by atoms with Gasteiger partial charge in [0, 0.05) is 12.6 Å². The molecule has 0 bridgehead atoms. The van der Waals surface area contributed by atoms with E-state index in [0.29, 0.717) is 0 Å². The van der Waals surface area contributed by atoms with Gasteiger partial charge in [-0.05, 0) is 6.42 Å². The van der Waals surface area contributed by atoms with Crippen LogP contribution in [0.1, 0.15) is 12.8 Å². The first-order valence-corrected chi connectivity index (χ1v) is 5.93. The number of carboxylic acid groups (broad SMARTS) is 1. The first kappa shape index (κ1) is 13.1. The van der Waals surface area contributed by atoms with Crippen molar-refractivity contribution in [3.8, 4) is 0 Å². The zero-order valence-electron chi connectivity index (χ0n) is 7.60. The van der Waals surface area contributed by atoms with E-state index in [-0.39, 0.29) is 19.0 Å². The lowest BCUT2D eigenvalue weighted by Gasteiger charge is -2.08. The molecule has 0 aromatic rings. The molecule has 7 heteroatoms. The minimum Gasteiger partial charge on any atom is -0.481 e. The third kappa shape index (κ3) is 5.72. The number of carboxylic acids is 1. The molecule has 0 aromatic carbocycles. The molecule has 4 N–H and O–H groups in total. The summed E-state index contributed by atoms with van der Waals surface area (Å²) in [6.45, 7) is 0. The molecule has 6 nitrogen and oxygen atoms in total. The molecule has 0 spiro atoms. The number of aliphatic hydroxyl groups is 1. The van der Waals surface area contributed by atoms with Crippen LogP contribution in [0.2, 0.25) is 0 Å². The fourth-order valence-electron chi connectivity index (χ4n) is 0.970. The number of carbonyl (C=O) groups excluding carboxylic acids is 1. The number of hydrogen-bond donors (Lipinski definition) is 3. The SMILES string of the molecule is NC(=O)CC(CC[PH](=O)CO)C(=O)O. The lowest BCUT2D eigenvalue weighted by atomic mass is 10.0. The normalized spacial score (nSPS) is 14.6. The average molecular weight is 223 g/mol. The Morgan fingerprint density at radius 2 is 2.00 bits per heavy atom. The van der Waals surface area contributed by atoms with Gasteiger partial charge >= 0.3 is 5.97 Å². The Morgan fingerprint density at radius 1 is 1.43 bits per heavy atom. The van der Waals surface area contributed by atoms with Gasteiger partial charge in [0.25, 0.3) is 0 Å². The first-order valence-electron chi connectivity index (χ1n) is 4.11. The van der Waals surface area contributed by atoms with Crippen LogP contribution in [0.5, 0.6) is 0 Å². The highest BCUT2D eigenvalue weighted by molar-refractivity contribution is 7.44. The van der Waals surface area contributed by atoms with Crippen molar-refractivity contribution in [3.63, 3.8) is 0 Å². The van der Waals surface area contributed by atoms with Gasteiger partial charge in [0.1, 0.15) is 7.80 Å². The highest BCUT2D eigenvalue weighted by Gasteiger charge is 2.20. The Bertz CT molecular complexity index is 242. The van der Waals surface area contributed by atoms with Gasteiger partial charge in [-0.15, -0.1) is 0 Å². The lowest BCUT2D eigenvalue weighted by Crippen LogP contribution is -2.23. The average Bonchev–Trinajstić information content (AvgIpc) is 2.10.